The number of aryl methyl sites for hydroxylation is 1. The highest BCUT2D eigenvalue weighted by atomic mass is 19.3. The monoisotopic (exact) mass is 201 g/mol. The summed E-state index contributed by atoms with van der Waals surface area (Å²) in [5, 5.41) is 0. The lowest BCUT2D eigenvalue weighted by Crippen LogP contribution is -2.54. The summed E-state index contributed by atoms with van der Waals surface area (Å²) >= 11 is 0. The maximum absolute atomic E-state index is 12.9. The minimum Gasteiger partial charge on any atom is -0.337 e. The highest BCUT2D eigenvalue weighted by Gasteiger charge is 2.58. The first-order valence-electron chi connectivity index (χ1n) is 4.55. The average molecular weight is 201 g/mol. The molecular formula is C9H13F2N3. The molecule has 2 rings (SSSR count). The second kappa shape index (κ2) is 2.76. The third kappa shape index (κ3) is 1.23. The predicted octanol–water partition coefficient (Wildman–Crippen LogP) is 1.05. The van der Waals surface area contributed by atoms with Gasteiger partial charge < -0.3 is 10.3 Å². The lowest BCUT2D eigenvalue weighted by molar-refractivity contribution is -0.126. The molecule has 1 heterocycles. The van der Waals surface area contributed by atoms with Crippen LogP contribution < -0.4 is 5.73 Å². The molecule has 5 heteroatoms. The van der Waals surface area contributed by atoms with Crippen molar-refractivity contribution >= 4 is 0 Å². The van der Waals surface area contributed by atoms with Crippen LogP contribution in [0.1, 0.15) is 18.7 Å². The van der Waals surface area contributed by atoms with Crippen LogP contribution in [0.3, 0.4) is 0 Å². The fourth-order valence-corrected chi connectivity index (χ4v) is 2.21. The molecule has 0 atom stereocenters. The fraction of sp³-hybridized carbons (Fsp3) is 0.667. The molecule has 2 N–H and O–H groups in total. The zero-order chi connectivity index (χ0) is 10.4. The first kappa shape index (κ1) is 9.58. The number of halogens is 2. The molecule has 0 unspecified atom stereocenters. The van der Waals surface area contributed by atoms with Crippen molar-refractivity contribution in [3.63, 3.8) is 0 Å². The van der Waals surface area contributed by atoms with Crippen molar-refractivity contribution in [1.82, 2.24) is 9.55 Å². The molecule has 0 radical (unpaired) electrons. The highest BCUT2D eigenvalue weighted by Crippen LogP contribution is 2.52. The van der Waals surface area contributed by atoms with Crippen LogP contribution in [0.25, 0.3) is 0 Å². The molecule has 1 aliphatic rings. The van der Waals surface area contributed by atoms with E-state index in [2.05, 4.69) is 4.98 Å². The quantitative estimate of drug-likeness (QED) is 0.777. The Labute approximate surface area is 80.9 Å². The van der Waals surface area contributed by atoms with Crippen molar-refractivity contribution in [3.8, 4) is 0 Å². The molecular weight excluding hydrogens is 188 g/mol. The standard InChI is InChI=1S/C9H13F2N3/c1-14-3-2-13-7(14)8(6-12)4-9(10,11)5-8/h2-3H,4-6,12H2,1H3. The van der Waals surface area contributed by atoms with Gasteiger partial charge in [0.25, 0.3) is 0 Å². The van der Waals surface area contributed by atoms with E-state index >= 15 is 0 Å². The van der Waals surface area contributed by atoms with E-state index in [-0.39, 0.29) is 19.4 Å². The van der Waals surface area contributed by atoms with Crippen molar-refractivity contribution < 1.29 is 8.78 Å². The van der Waals surface area contributed by atoms with Crippen molar-refractivity contribution in [1.29, 1.82) is 0 Å². The third-order valence-corrected chi connectivity index (χ3v) is 2.88. The summed E-state index contributed by atoms with van der Waals surface area (Å²) < 4.78 is 27.5. The largest absolute Gasteiger partial charge is 0.337 e. The number of hydrogen-bond acceptors (Lipinski definition) is 2. The van der Waals surface area contributed by atoms with Crippen LogP contribution in [0, 0.1) is 0 Å². The average Bonchev–Trinajstić information content (AvgIpc) is 2.46. The highest BCUT2D eigenvalue weighted by molar-refractivity contribution is 5.20. The Hall–Kier alpha value is -0.970. The Morgan fingerprint density at radius 3 is 2.57 bits per heavy atom. The summed E-state index contributed by atoms with van der Waals surface area (Å²) in [6, 6.07) is 0. The van der Waals surface area contributed by atoms with Gasteiger partial charge in [-0.1, -0.05) is 0 Å². The molecule has 1 fully saturated rings. The van der Waals surface area contributed by atoms with Crippen molar-refractivity contribution in [2.75, 3.05) is 6.54 Å². The summed E-state index contributed by atoms with van der Waals surface area (Å²) in [5.41, 5.74) is 4.95. The van der Waals surface area contributed by atoms with Gasteiger partial charge in [0.1, 0.15) is 5.82 Å². The van der Waals surface area contributed by atoms with E-state index in [4.69, 9.17) is 5.73 Å². The molecule has 0 amide bonds. The van der Waals surface area contributed by atoms with Gasteiger partial charge >= 0.3 is 0 Å². The van der Waals surface area contributed by atoms with Crippen LogP contribution in [0.5, 0.6) is 0 Å². The summed E-state index contributed by atoms with van der Waals surface area (Å²) in [5.74, 6) is -1.89. The van der Waals surface area contributed by atoms with Crippen molar-refractivity contribution in [3.05, 3.63) is 18.2 Å². The van der Waals surface area contributed by atoms with Crippen LogP contribution in [0.15, 0.2) is 12.4 Å². The summed E-state index contributed by atoms with van der Waals surface area (Å²) in [6.45, 7) is 0.230. The maximum Gasteiger partial charge on any atom is 0.250 e. The van der Waals surface area contributed by atoms with Gasteiger partial charge in [-0.15, -0.1) is 0 Å². The van der Waals surface area contributed by atoms with Gasteiger partial charge in [-0.2, -0.15) is 0 Å². The van der Waals surface area contributed by atoms with E-state index in [1.165, 1.54) is 0 Å². The van der Waals surface area contributed by atoms with Gasteiger partial charge in [-0.25, -0.2) is 13.8 Å². The zero-order valence-corrected chi connectivity index (χ0v) is 8.00. The maximum atomic E-state index is 12.9. The van der Waals surface area contributed by atoms with Gasteiger partial charge in [0.2, 0.25) is 5.92 Å². The smallest absolute Gasteiger partial charge is 0.250 e. The molecule has 3 nitrogen and oxygen atoms in total. The lowest BCUT2D eigenvalue weighted by atomic mass is 9.65. The lowest BCUT2D eigenvalue weighted by Gasteiger charge is -2.45. The van der Waals surface area contributed by atoms with Crippen molar-refractivity contribution in [2.24, 2.45) is 12.8 Å². The van der Waals surface area contributed by atoms with E-state index in [0.717, 1.165) is 0 Å². The van der Waals surface area contributed by atoms with Crippen LogP contribution in [0.4, 0.5) is 8.78 Å². The molecule has 0 saturated heterocycles. The van der Waals surface area contributed by atoms with Crippen LogP contribution in [0.2, 0.25) is 0 Å². The minimum absolute atomic E-state index is 0.179. The molecule has 78 valence electrons. The number of hydrogen-bond donors (Lipinski definition) is 1. The third-order valence-electron chi connectivity index (χ3n) is 2.88. The summed E-state index contributed by atoms with van der Waals surface area (Å²) in [7, 11) is 1.80. The fourth-order valence-electron chi connectivity index (χ4n) is 2.21. The molecule has 1 aromatic rings. The number of nitrogens with zero attached hydrogens (tertiary/aromatic N) is 2. The molecule has 14 heavy (non-hydrogen) atoms. The van der Waals surface area contributed by atoms with Gasteiger partial charge in [-0.05, 0) is 0 Å². The number of imidazole rings is 1. The van der Waals surface area contributed by atoms with E-state index in [9.17, 15) is 8.78 Å². The SMILES string of the molecule is Cn1ccnc1C1(CN)CC(F)(F)C1. The van der Waals surface area contributed by atoms with Crippen LogP contribution >= 0.6 is 0 Å². The molecule has 1 aliphatic carbocycles. The van der Waals surface area contributed by atoms with Gasteiger partial charge in [0.05, 0.1) is 5.41 Å². The molecule has 0 aromatic carbocycles. The number of aromatic nitrogens is 2. The number of nitrogens with two attached hydrogens (primary N) is 1. The molecule has 1 aromatic heterocycles. The first-order chi connectivity index (χ1) is 6.49. The van der Waals surface area contributed by atoms with Gasteiger partial charge in [0, 0.05) is 38.8 Å². The predicted molar refractivity (Wildman–Crippen MR) is 48.1 cm³/mol. The topological polar surface area (TPSA) is 43.8 Å². The molecule has 1 saturated carbocycles. The Morgan fingerprint density at radius 1 is 1.57 bits per heavy atom. The second-order valence-electron chi connectivity index (χ2n) is 4.06. The molecule has 0 aliphatic heterocycles. The Balaban J connectivity index is 2.29. The van der Waals surface area contributed by atoms with Gasteiger partial charge in [0.15, 0.2) is 0 Å². The van der Waals surface area contributed by atoms with Crippen LogP contribution in [-0.4, -0.2) is 22.0 Å². The normalized spacial score (nSPS) is 23.1. The Kier molecular flexibility index (Phi) is 1.89. The Bertz CT molecular complexity index is 338. The summed E-state index contributed by atoms with van der Waals surface area (Å²) in [4.78, 5) is 4.10. The van der Waals surface area contributed by atoms with Crippen LogP contribution in [-0.2, 0) is 12.5 Å². The first-order valence-corrected chi connectivity index (χ1v) is 4.55. The van der Waals surface area contributed by atoms with Crippen molar-refractivity contribution in [2.45, 2.75) is 24.2 Å². The molecule has 0 bridgehead atoms. The second-order valence-corrected chi connectivity index (χ2v) is 4.06. The Morgan fingerprint density at radius 2 is 2.21 bits per heavy atom. The van der Waals surface area contributed by atoms with E-state index in [1.807, 2.05) is 0 Å². The zero-order valence-electron chi connectivity index (χ0n) is 8.00. The summed E-state index contributed by atoms with van der Waals surface area (Å²) in [6.07, 6.45) is 3.01. The number of rotatable bonds is 2. The minimum atomic E-state index is -2.56. The molecule has 0 spiro atoms. The van der Waals surface area contributed by atoms with E-state index in [0.29, 0.717) is 5.82 Å². The van der Waals surface area contributed by atoms with E-state index in [1.54, 1.807) is 24.0 Å². The van der Waals surface area contributed by atoms with E-state index < -0.39 is 11.3 Å². The van der Waals surface area contributed by atoms with Gasteiger partial charge in [-0.3, -0.25) is 0 Å². The number of alkyl halides is 2.